The standard InChI is InChI=1S/C14H23BrN2O2/c1-3-7-17-11-12(15)10-13(17)14(19)16(2)8-5-4-6-9-18/h10-11,18H,3-9H2,1-2H3. The molecule has 0 aromatic carbocycles. The third-order valence-corrected chi connectivity index (χ3v) is 3.48. The monoisotopic (exact) mass is 330 g/mol. The topological polar surface area (TPSA) is 45.5 Å². The molecule has 19 heavy (non-hydrogen) atoms. The van der Waals surface area contributed by atoms with Crippen LogP contribution in [-0.2, 0) is 6.54 Å². The second-order valence-corrected chi connectivity index (χ2v) is 5.66. The van der Waals surface area contributed by atoms with Gasteiger partial charge < -0.3 is 14.6 Å². The molecule has 0 spiro atoms. The van der Waals surface area contributed by atoms with Gasteiger partial charge in [0.25, 0.3) is 5.91 Å². The first kappa shape index (κ1) is 16.2. The number of aromatic nitrogens is 1. The molecule has 0 radical (unpaired) electrons. The molecule has 0 saturated heterocycles. The molecule has 0 fully saturated rings. The molecule has 108 valence electrons. The van der Waals surface area contributed by atoms with Crippen molar-refractivity contribution in [2.45, 2.75) is 39.2 Å². The van der Waals surface area contributed by atoms with Crippen LogP contribution in [0.15, 0.2) is 16.7 Å². The van der Waals surface area contributed by atoms with Gasteiger partial charge in [-0.1, -0.05) is 6.92 Å². The highest BCUT2D eigenvalue weighted by Crippen LogP contribution is 2.17. The molecule has 5 heteroatoms. The first-order chi connectivity index (χ1) is 9.10. The van der Waals surface area contributed by atoms with E-state index in [1.54, 1.807) is 4.90 Å². The van der Waals surface area contributed by atoms with E-state index >= 15 is 0 Å². The molecule has 1 heterocycles. The number of hydrogen-bond donors (Lipinski definition) is 1. The minimum atomic E-state index is 0.0585. The van der Waals surface area contributed by atoms with E-state index in [0.29, 0.717) is 0 Å². The predicted molar refractivity (Wildman–Crippen MR) is 80.3 cm³/mol. The van der Waals surface area contributed by atoms with Crippen LogP contribution in [0, 0.1) is 0 Å². The van der Waals surface area contributed by atoms with Crippen LogP contribution in [0.1, 0.15) is 43.1 Å². The summed E-state index contributed by atoms with van der Waals surface area (Å²) in [6.07, 6.45) is 5.64. The summed E-state index contributed by atoms with van der Waals surface area (Å²) in [5.74, 6) is 0.0585. The molecule has 4 nitrogen and oxygen atoms in total. The van der Waals surface area contributed by atoms with Crippen molar-refractivity contribution in [3.63, 3.8) is 0 Å². The number of nitrogens with zero attached hydrogens (tertiary/aromatic N) is 2. The van der Waals surface area contributed by atoms with Crippen LogP contribution in [0.25, 0.3) is 0 Å². The van der Waals surface area contributed by atoms with Gasteiger partial charge in [-0.2, -0.15) is 0 Å². The zero-order valence-electron chi connectivity index (χ0n) is 11.7. The second-order valence-electron chi connectivity index (χ2n) is 4.75. The Morgan fingerprint density at radius 2 is 2.16 bits per heavy atom. The third kappa shape index (κ3) is 4.99. The summed E-state index contributed by atoms with van der Waals surface area (Å²) in [4.78, 5) is 14.1. The molecule has 0 atom stereocenters. The van der Waals surface area contributed by atoms with Crippen molar-refractivity contribution in [1.29, 1.82) is 0 Å². The van der Waals surface area contributed by atoms with Crippen molar-refractivity contribution >= 4 is 21.8 Å². The summed E-state index contributed by atoms with van der Waals surface area (Å²) in [6.45, 7) is 3.91. The molecule has 1 N–H and O–H groups in total. The van der Waals surface area contributed by atoms with E-state index in [1.165, 1.54) is 0 Å². The summed E-state index contributed by atoms with van der Waals surface area (Å²) in [7, 11) is 1.83. The summed E-state index contributed by atoms with van der Waals surface area (Å²) < 4.78 is 2.94. The number of halogens is 1. The average molecular weight is 331 g/mol. The zero-order chi connectivity index (χ0) is 14.3. The van der Waals surface area contributed by atoms with Crippen LogP contribution in [0.3, 0.4) is 0 Å². The number of carbonyl (C=O) groups is 1. The minimum absolute atomic E-state index is 0.0585. The van der Waals surface area contributed by atoms with E-state index in [1.807, 2.05) is 23.9 Å². The predicted octanol–water partition coefficient (Wildman–Crippen LogP) is 2.90. The Labute approximate surface area is 123 Å². The van der Waals surface area contributed by atoms with Gasteiger partial charge in [0.1, 0.15) is 5.69 Å². The fourth-order valence-corrected chi connectivity index (χ4v) is 2.48. The van der Waals surface area contributed by atoms with E-state index < -0.39 is 0 Å². The van der Waals surface area contributed by atoms with Crippen molar-refractivity contribution in [3.8, 4) is 0 Å². The van der Waals surface area contributed by atoms with Crippen LogP contribution < -0.4 is 0 Å². The van der Waals surface area contributed by atoms with Gasteiger partial charge in [0.05, 0.1) is 0 Å². The lowest BCUT2D eigenvalue weighted by atomic mass is 10.2. The SMILES string of the molecule is CCCn1cc(Br)cc1C(=O)N(C)CCCCCO. The minimum Gasteiger partial charge on any atom is -0.396 e. The lowest BCUT2D eigenvalue weighted by Gasteiger charge is -2.18. The average Bonchev–Trinajstić information content (AvgIpc) is 2.75. The van der Waals surface area contributed by atoms with Crippen LogP contribution in [0.5, 0.6) is 0 Å². The number of aliphatic hydroxyl groups excluding tert-OH is 1. The largest absolute Gasteiger partial charge is 0.396 e. The summed E-state index contributed by atoms with van der Waals surface area (Å²) in [5, 5.41) is 8.73. The van der Waals surface area contributed by atoms with Gasteiger partial charge in [-0.05, 0) is 47.7 Å². The quantitative estimate of drug-likeness (QED) is 0.745. The van der Waals surface area contributed by atoms with Crippen LogP contribution in [0.4, 0.5) is 0 Å². The maximum Gasteiger partial charge on any atom is 0.270 e. The maximum absolute atomic E-state index is 12.4. The normalized spacial score (nSPS) is 10.7. The van der Waals surface area contributed by atoms with E-state index in [2.05, 4.69) is 22.9 Å². The highest BCUT2D eigenvalue weighted by Gasteiger charge is 2.16. The number of rotatable bonds is 8. The second kappa shape index (κ2) is 8.38. The Balaban J connectivity index is 2.60. The van der Waals surface area contributed by atoms with Gasteiger partial charge in [-0.3, -0.25) is 4.79 Å². The lowest BCUT2D eigenvalue weighted by Crippen LogP contribution is -2.29. The highest BCUT2D eigenvalue weighted by atomic mass is 79.9. The van der Waals surface area contributed by atoms with Crippen molar-refractivity contribution < 1.29 is 9.90 Å². The zero-order valence-corrected chi connectivity index (χ0v) is 13.3. The van der Waals surface area contributed by atoms with Gasteiger partial charge in [-0.25, -0.2) is 0 Å². The summed E-state index contributed by atoms with van der Waals surface area (Å²) in [5.41, 5.74) is 0.735. The first-order valence-corrected chi connectivity index (χ1v) is 7.61. The van der Waals surface area contributed by atoms with Crippen molar-refractivity contribution in [3.05, 3.63) is 22.4 Å². The number of carbonyl (C=O) groups excluding carboxylic acids is 1. The van der Waals surface area contributed by atoms with Gasteiger partial charge in [0, 0.05) is 37.4 Å². The van der Waals surface area contributed by atoms with Crippen LogP contribution >= 0.6 is 15.9 Å². The molecule has 0 unspecified atom stereocenters. The Bertz CT molecular complexity index is 404. The number of hydrogen-bond acceptors (Lipinski definition) is 2. The van der Waals surface area contributed by atoms with Gasteiger partial charge in [-0.15, -0.1) is 0 Å². The summed E-state index contributed by atoms with van der Waals surface area (Å²) >= 11 is 3.42. The molecular formula is C14H23BrN2O2. The third-order valence-electron chi connectivity index (χ3n) is 3.05. The molecule has 0 aliphatic carbocycles. The fourth-order valence-electron chi connectivity index (χ4n) is 2.01. The smallest absolute Gasteiger partial charge is 0.270 e. The molecule has 1 aromatic rings. The molecule has 1 aromatic heterocycles. The number of amides is 1. The lowest BCUT2D eigenvalue weighted by molar-refractivity contribution is 0.0781. The Morgan fingerprint density at radius 1 is 1.42 bits per heavy atom. The Morgan fingerprint density at radius 3 is 2.79 bits per heavy atom. The Hall–Kier alpha value is -0.810. The molecule has 1 amide bonds. The van der Waals surface area contributed by atoms with Gasteiger partial charge >= 0.3 is 0 Å². The molecule has 0 saturated carbocycles. The summed E-state index contributed by atoms with van der Waals surface area (Å²) in [6, 6.07) is 1.88. The molecular weight excluding hydrogens is 308 g/mol. The maximum atomic E-state index is 12.4. The van der Waals surface area contributed by atoms with E-state index in [0.717, 1.165) is 48.9 Å². The van der Waals surface area contributed by atoms with Crippen molar-refractivity contribution in [1.82, 2.24) is 9.47 Å². The first-order valence-electron chi connectivity index (χ1n) is 6.82. The molecule has 0 bridgehead atoms. The van der Waals surface area contributed by atoms with E-state index in [-0.39, 0.29) is 12.5 Å². The van der Waals surface area contributed by atoms with Crippen molar-refractivity contribution in [2.75, 3.05) is 20.2 Å². The van der Waals surface area contributed by atoms with Gasteiger partial charge in [0.15, 0.2) is 0 Å². The highest BCUT2D eigenvalue weighted by molar-refractivity contribution is 9.10. The van der Waals surface area contributed by atoms with Crippen LogP contribution in [0.2, 0.25) is 0 Å². The fraction of sp³-hybridized carbons (Fsp3) is 0.643. The number of aryl methyl sites for hydroxylation is 1. The van der Waals surface area contributed by atoms with E-state index in [4.69, 9.17) is 5.11 Å². The molecule has 0 aliphatic rings. The van der Waals surface area contributed by atoms with Crippen molar-refractivity contribution in [2.24, 2.45) is 0 Å². The number of aliphatic hydroxyl groups is 1. The van der Waals surface area contributed by atoms with Crippen LogP contribution in [-0.4, -0.2) is 40.7 Å². The Kier molecular flexibility index (Phi) is 7.16. The molecule has 0 aliphatic heterocycles. The van der Waals surface area contributed by atoms with E-state index in [9.17, 15) is 4.79 Å². The van der Waals surface area contributed by atoms with Gasteiger partial charge in [0.2, 0.25) is 0 Å². The molecule has 1 rings (SSSR count). The number of unbranched alkanes of at least 4 members (excludes halogenated alkanes) is 2.